The van der Waals surface area contributed by atoms with Crippen molar-refractivity contribution < 1.29 is 18.3 Å². The molecule has 4 nitrogen and oxygen atoms in total. The van der Waals surface area contributed by atoms with Crippen LogP contribution in [0.1, 0.15) is 15.9 Å². The molecule has 6 heteroatoms. The highest BCUT2D eigenvalue weighted by atomic mass is 19.2. The number of hydrogen-bond acceptors (Lipinski definition) is 3. The average molecular weight is 428 g/mol. The number of methoxy groups -OCH3 is 1. The van der Waals surface area contributed by atoms with Crippen LogP contribution in [0.25, 0.3) is 33.2 Å². The van der Waals surface area contributed by atoms with E-state index in [1.165, 1.54) is 13.2 Å². The van der Waals surface area contributed by atoms with Crippen LogP contribution in [0.4, 0.5) is 8.78 Å². The van der Waals surface area contributed by atoms with E-state index in [1.54, 1.807) is 24.3 Å². The first kappa shape index (κ1) is 19.9. The number of hydrogen-bond donors (Lipinski definition) is 0. The van der Waals surface area contributed by atoms with E-state index in [9.17, 15) is 13.6 Å². The molecular weight excluding hydrogens is 410 g/mol. The molecule has 0 atom stereocenters. The average Bonchev–Trinajstić information content (AvgIpc) is 3.17. The third kappa shape index (κ3) is 3.39. The molecule has 0 spiro atoms. The Bertz CT molecular complexity index is 1490. The lowest BCUT2D eigenvalue weighted by Crippen LogP contribution is -2.05. The van der Waals surface area contributed by atoms with Crippen LogP contribution in [-0.4, -0.2) is 22.6 Å². The Morgan fingerprint density at radius 2 is 1.75 bits per heavy atom. The number of rotatable bonds is 4. The van der Waals surface area contributed by atoms with Crippen LogP contribution in [0.5, 0.6) is 0 Å². The van der Waals surface area contributed by atoms with Crippen LogP contribution in [0.15, 0.2) is 78.9 Å². The zero-order chi connectivity index (χ0) is 22.2. The SMILES string of the molecule is COC(=O)c1ccc2nc(-c3cccc4ccccc34)n(Cc3ccc(F)c(F)c3)c2c1. The van der Waals surface area contributed by atoms with Gasteiger partial charge in [-0.15, -0.1) is 0 Å². The van der Waals surface area contributed by atoms with Gasteiger partial charge in [-0.3, -0.25) is 0 Å². The van der Waals surface area contributed by atoms with Crippen molar-refractivity contribution in [2.75, 3.05) is 7.11 Å². The van der Waals surface area contributed by atoms with Crippen LogP contribution in [0.3, 0.4) is 0 Å². The molecule has 0 saturated carbocycles. The lowest BCUT2D eigenvalue weighted by atomic mass is 10.0. The number of ether oxygens (including phenoxy) is 1. The molecule has 1 heterocycles. The summed E-state index contributed by atoms with van der Waals surface area (Å²) in [5.74, 6) is -1.59. The van der Waals surface area contributed by atoms with Gasteiger partial charge < -0.3 is 9.30 Å². The number of benzene rings is 4. The monoisotopic (exact) mass is 428 g/mol. The summed E-state index contributed by atoms with van der Waals surface area (Å²) in [6.07, 6.45) is 0. The summed E-state index contributed by atoms with van der Waals surface area (Å²) >= 11 is 0. The Hall–Kier alpha value is -4.06. The first-order chi connectivity index (χ1) is 15.5. The summed E-state index contributed by atoms with van der Waals surface area (Å²) in [6.45, 7) is 0.247. The van der Waals surface area contributed by atoms with E-state index in [2.05, 4.69) is 0 Å². The second kappa shape index (κ2) is 7.89. The molecule has 5 aromatic rings. The second-order valence-corrected chi connectivity index (χ2v) is 7.49. The summed E-state index contributed by atoms with van der Waals surface area (Å²) in [5.41, 5.74) is 3.24. The van der Waals surface area contributed by atoms with Gasteiger partial charge in [-0.05, 0) is 46.7 Å². The van der Waals surface area contributed by atoms with Crippen molar-refractivity contribution in [2.24, 2.45) is 0 Å². The number of nitrogens with zero attached hydrogens (tertiary/aromatic N) is 2. The number of halogens is 2. The molecule has 0 N–H and O–H groups in total. The molecule has 32 heavy (non-hydrogen) atoms. The van der Waals surface area contributed by atoms with E-state index >= 15 is 0 Å². The molecule has 0 bridgehead atoms. The van der Waals surface area contributed by atoms with Gasteiger partial charge in [0.05, 0.1) is 23.7 Å². The topological polar surface area (TPSA) is 44.1 Å². The van der Waals surface area contributed by atoms with E-state index in [-0.39, 0.29) is 6.54 Å². The van der Waals surface area contributed by atoms with Gasteiger partial charge in [0.1, 0.15) is 5.82 Å². The quantitative estimate of drug-likeness (QED) is 0.331. The fraction of sp³-hybridized carbons (Fsp3) is 0.0769. The normalized spacial score (nSPS) is 11.2. The van der Waals surface area contributed by atoms with Crippen LogP contribution in [-0.2, 0) is 11.3 Å². The fourth-order valence-corrected chi connectivity index (χ4v) is 3.97. The number of fused-ring (bicyclic) bond motifs is 2. The number of esters is 1. The van der Waals surface area contributed by atoms with Crippen molar-refractivity contribution in [3.63, 3.8) is 0 Å². The van der Waals surface area contributed by atoms with Crippen molar-refractivity contribution in [3.8, 4) is 11.4 Å². The van der Waals surface area contributed by atoms with Crippen molar-refractivity contribution in [3.05, 3.63) is 102 Å². The van der Waals surface area contributed by atoms with E-state index in [0.29, 0.717) is 28.0 Å². The molecule has 4 aromatic carbocycles. The first-order valence-electron chi connectivity index (χ1n) is 10.1. The molecular formula is C26H18F2N2O2. The molecule has 0 unspecified atom stereocenters. The number of aromatic nitrogens is 2. The van der Waals surface area contributed by atoms with Crippen molar-refractivity contribution in [2.45, 2.75) is 6.54 Å². The highest BCUT2D eigenvalue weighted by Crippen LogP contribution is 2.32. The fourth-order valence-electron chi connectivity index (χ4n) is 3.97. The van der Waals surface area contributed by atoms with Gasteiger partial charge in [0.2, 0.25) is 0 Å². The first-order valence-corrected chi connectivity index (χ1v) is 10.1. The largest absolute Gasteiger partial charge is 0.465 e. The Balaban J connectivity index is 1.77. The lowest BCUT2D eigenvalue weighted by molar-refractivity contribution is 0.0601. The molecule has 5 rings (SSSR count). The number of carbonyl (C=O) groups is 1. The van der Waals surface area contributed by atoms with Gasteiger partial charge in [-0.25, -0.2) is 18.6 Å². The second-order valence-electron chi connectivity index (χ2n) is 7.49. The summed E-state index contributed by atoms with van der Waals surface area (Å²) in [7, 11) is 1.33. The molecule has 1 aromatic heterocycles. The zero-order valence-corrected chi connectivity index (χ0v) is 17.2. The summed E-state index contributed by atoms with van der Waals surface area (Å²) in [5, 5.41) is 2.08. The van der Waals surface area contributed by atoms with Gasteiger partial charge in [0.15, 0.2) is 11.6 Å². The Labute approximate surface area is 182 Å². The molecule has 0 aliphatic heterocycles. The van der Waals surface area contributed by atoms with E-state index in [4.69, 9.17) is 9.72 Å². The number of imidazole rings is 1. The van der Waals surface area contributed by atoms with Crippen LogP contribution < -0.4 is 0 Å². The van der Waals surface area contributed by atoms with Crippen LogP contribution >= 0.6 is 0 Å². The minimum Gasteiger partial charge on any atom is -0.465 e. The summed E-state index contributed by atoms with van der Waals surface area (Å²) < 4.78 is 34.2. The maximum absolute atomic E-state index is 13.9. The molecule has 158 valence electrons. The lowest BCUT2D eigenvalue weighted by Gasteiger charge is -2.12. The highest BCUT2D eigenvalue weighted by molar-refractivity contribution is 5.98. The van der Waals surface area contributed by atoms with Gasteiger partial charge in [0, 0.05) is 12.1 Å². The summed E-state index contributed by atoms with van der Waals surface area (Å²) in [4.78, 5) is 17.0. The Morgan fingerprint density at radius 1 is 0.938 bits per heavy atom. The smallest absolute Gasteiger partial charge is 0.337 e. The summed E-state index contributed by atoms with van der Waals surface area (Å²) in [6, 6.07) is 22.9. The maximum atomic E-state index is 13.9. The molecule has 0 radical (unpaired) electrons. The van der Waals surface area contributed by atoms with Crippen molar-refractivity contribution in [1.82, 2.24) is 9.55 Å². The minimum atomic E-state index is -0.908. The van der Waals surface area contributed by atoms with Crippen LogP contribution in [0.2, 0.25) is 0 Å². The third-order valence-corrected chi connectivity index (χ3v) is 5.52. The third-order valence-electron chi connectivity index (χ3n) is 5.52. The molecule has 0 amide bonds. The predicted octanol–water partition coefficient (Wildman–Crippen LogP) is 5.97. The van der Waals surface area contributed by atoms with Crippen molar-refractivity contribution in [1.29, 1.82) is 0 Å². The van der Waals surface area contributed by atoms with E-state index < -0.39 is 17.6 Å². The van der Waals surface area contributed by atoms with Crippen molar-refractivity contribution >= 4 is 27.8 Å². The van der Waals surface area contributed by atoms with Gasteiger partial charge in [-0.1, -0.05) is 48.5 Å². The van der Waals surface area contributed by atoms with Gasteiger partial charge >= 0.3 is 5.97 Å². The molecule has 0 saturated heterocycles. The molecule has 0 aliphatic carbocycles. The minimum absolute atomic E-state index is 0.247. The molecule has 0 fully saturated rings. The maximum Gasteiger partial charge on any atom is 0.337 e. The van der Waals surface area contributed by atoms with E-state index in [0.717, 1.165) is 22.4 Å². The van der Waals surface area contributed by atoms with Gasteiger partial charge in [0.25, 0.3) is 0 Å². The standard InChI is InChI=1S/C26H18F2N2O2/c1-32-26(31)18-10-12-23-24(14-18)30(15-16-9-11-21(27)22(28)13-16)25(29-23)20-8-4-6-17-5-2-3-7-19(17)20/h2-14H,15H2,1H3. The molecule has 0 aliphatic rings. The number of carbonyl (C=O) groups excluding carboxylic acids is 1. The Morgan fingerprint density at radius 3 is 2.56 bits per heavy atom. The predicted molar refractivity (Wildman–Crippen MR) is 119 cm³/mol. The highest BCUT2D eigenvalue weighted by Gasteiger charge is 2.18. The zero-order valence-electron chi connectivity index (χ0n) is 17.2. The van der Waals surface area contributed by atoms with E-state index in [1.807, 2.05) is 47.0 Å². The van der Waals surface area contributed by atoms with Crippen LogP contribution in [0, 0.1) is 11.6 Å². The Kier molecular flexibility index (Phi) is 4.90. The van der Waals surface area contributed by atoms with Gasteiger partial charge in [-0.2, -0.15) is 0 Å².